The van der Waals surface area contributed by atoms with Crippen LogP contribution in [-0.4, -0.2) is 49.1 Å². The van der Waals surface area contributed by atoms with Crippen molar-refractivity contribution < 1.29 is 9.59 Å². The quantitative estimate of drug-likeness (QED) is 0.777. The summed E-state index contributed by atoms with van der Waals surface area (Å²) in [5.74, 6) is 1.13. The lowest BCUT2D eigenvalue weighted by molar-refractivity contribution is -0.132. The van der Waals surface area contributed by atoms with E-state index >= 15 is 0 Å². The highest BCUT2D eigenvalue weighted by atomic mass is 35.5. The molecule has 6 nitrogen and oxygen atoms in total. The largest absolute Gasteiger partial charge is 0.340 e. The van der Waals surface area contributed by atoms with Crippen molar-refractivity contribution in [3.63, 3.8) is 0 Å². The number of amides is 3. The number of nitrogens with one attached hydrogen (secondary N) is 3. The number of fused-ring (bicyclic) bond motifs is 1. The number of carbonyl (C=O) groups excluding carboxylic acids is 2. The molecule has 1 aromatic rings. The minimum atomic E-state index is -0.518. The van der Waals surface area contributed by atoms with Crippen LogP contribution in [0.15, 0.2) is 30.3 Å². The fourth-order valence-corrected chi connectivity index (χ4v) is 3.26. The minimum Gasteiger partial charge on any atom is -0.340 e. The molecule has 3 atom stereocenters. The number of para-hydroxylation sites is 1. The summed E-state index contributed by atoms with van der Waals surface area (Å²) in [5.41, 5.74) is 0.710. The molecule has 1 aromatic carbocycles. The van der Waals surface area contributed by atoms with E-state index in [0.29, 0.717) is 17.5 Å². The first-order chi connectivity index (χ1) is 10.6. The molecule has 0 radical (unpaired) electrons. The number of hydrogen-bond donors (Lipinski definition) is 3. The van der Waals surface area contributed by atoms with E-state index in [-0.39, 0.29) is 24.3 Å². The fourth-order valence-electron chi connectivity index (χ4n) is 3.26. The smallest absolute Gasteiger partial charge is 0.319 e. The van der Waals surface area contributed by atoms with Crippen LogP contribution in [0.4, 0.5) is 10.5 Å². The summed E-state index contributed by atoms with van der Waals surface area (Å²) in [6, 6.07) is 8.32. The van der Waals surface area contributed by atoms with Gasteiger partial charge in [-0.25, -0.2) is 4.79 Å². The van der Waals surface area contributed by atoms with Gasteiger partial charge in [-0.3, -0.25) is 4.79 Å². The molecule has 1 unspecified atom stereocenters. The number of carbonyl (C=O) groups is 2. The van der Waals surface area contributed by atoms with Crippen molar-refractivity contribution in [3.05, 3.63) is 30.3 Å². The standard InChI is InChI=1S/C16H22N4O2.ClH/c1-11(18-16(22)19-14-5-3-2-4-6-14)15(21)20-9-12-7-17-8-13(12)10-20;/h2-6,11-13,17H,7-10H2,1H3,(H2,18,19,22);1H/t11?,12-,13+;. The van der Waals surface area contributed by atoms with Crippen LogP contribution in [-0.2, 0) is 4.79 Å². The highest BCUT2D eigenvalue weighted by Gasteiger charge is 2.39. The van der Waals surface area contributed by atoms with Crippen LogP contribution in [0.2, 0.25) is 0 Å². The van der Waals surface area contributed by atoms with Crippen LogP contribution in [0.3, 0.4) is 0 Å². The lowest BCUT2D eigenvalue weighted by Gasteiger charge is -2.22. The zero-order valence-corrected chi connectivity index (χ0v) is 13.9. The zero-order valence-electron chi connectivity index (χ0n) is 13.1. The number of halogens is 1. The van der Waals surface area contributed by atoms with Gasteiger partial charge in [0.15, 0.2) is 0 Å². The number of anilines is 1. The second-order valence-corrected chi connectivity index (χ2v) is 6.11. The Morgan fingerprint density at radius 2 is 1.78 bits per heavy atom. The minimum absolute atomic E-state index is 0. The van der Waals surface area contributed by atoms with Crippen LogP contribution in [0, 0.1) is 11.8 Å². The third kappa shape index (κ3) is 4.14. The first-order valence-electron chi connectivity index (χ1n) is 7.75. The van der Waals surface area contributed by atoms with Gasteiger partial charge in [0, 0.05) is 31.9 Å². The molecule has 2 aliphatic rings. The summed E-state index contributed by atoms with van der Waals surface area (Å²) in [6.07, 6.45) is 0. The summed E-state index contributed by atoms with van der Waals surface area (Å²) in [5, 5.41) is 8.80. The first kappa shape index (κ1) is 17.6. The average Bonchev–Trinajstić information content (AvgIpc) is 3.08. The summed E-state index contributed by atoms with van der Waals surface area (Å²) in [7, 11) is 0. The molecule has 0 bridgehead atoms. The Hall–Kier alpha value is -1.79. The Balaban J connectivity index is 0.00000192. The van der Waals surface area contributed by atoms with E-state index in [0.717, 1.165) is 26.2 Å². The normalized spacial score (nSPS) is 23.6. The second kappa shape index (κ2) is 7.66. The van der Waals surface area contributed by atoms with Gasteiger partial charge in [0.05, 0.1) is 0 Å². The Bertz CT molecular complexity index is 542. The van der Waals surface area contributed by atoms with E-state index in [2.05, 4.69) is 16.0 Å². The van der Waals surface area contributed by atoms with Crippen molar-refractivity contribution in [2.24, 2.45) is 11.8 Å². The van der Waals surface area contributed by atoms with Gasteiger partial charge in [-0.05, 0) is 30.9 Å². The maximum Gasteiger partial charge on any atom is 0.319 e. The number of urea groups is 1. The maximum atomic E-state index is 12.4. The Kier molecular flexibility index (Phi) is 5.85. The molecule has 0 aromatic heterocycles. The Morgan fingerprint density at radius 3 is 2.39 bits per heavy atom. The highest BCUT2D eigenvalue weighted by molar-refractivity contribution is 5.93. The molecular formula is C16H23ClN4O2. The summed E-state index contributed by atoms with van der Waals surface area (Å²) < 4.78 is 0. The van der Waals surface area contributed by atoms with E-state index in [1.165, 1.54) is 0 Å². The molecule has 3 N–H and O–H groups in total. The molecule has 23 heavy (non-hydrogen) atoms. The van der Waals surface area contributed by atoms with Crippen molar-refractivity contribution in [2.75, 3.05) is 31.5 Å². The summed E-state index contributed by atoms with van der Waals surface area (Å²) in [6.45, 7) is 5.31. The Morgan fingerprint density at radius 1 is 1.17 bits per heavy atom. The molecule has 3 amide bonds. The van der Waals surface area contributed by atoms with E-state index < -0.39 is 6.04 Å². The molecule has 2 saturated heterocycles. The van der Waals surface area contributed by atoms with Gasteiger partial charge in [0.25, 0.3) is 0 Å². The Labute approximate surface area is 142 Å². The van der Waals surface area contributed by atoms with Gasteiger partial charge < -0.3 is 20.9 Å². The van der Waals surface area contributed by atoms with Crippen molar-refractivity contribution in [1.29, 1.82) is 0 Å². The molecule has 0 spiro atoms. The van der Waals surface area contributed by atoms with Gasteiger partial charge in [0.2, 0.25) is 5.91 Å². The molecule has 3 rings (SSSR count). The monoisotopic (exact) mass is 338 g/mol. The molecule has 126 valence electrons. The van der Waals surface area contributed by atoms with Gasteiger partial charge in [-0.1, -0.05) is 18.2 Å². The summed E-state index contributed by atoms with van der Waals surface area (Å²) >= 11 is 0. The van der Waals surface area contributed by atoms with Crippen LogP contribution in [0.1, 0.15) is 6.92 Å². The number of likely N-dealkylation sites (tertiary alicyclic amines) is 1. The predicted octanol–water partition coefficient (Wildman–Crippen LogP) is 1.30. The second-order valence-electron chi connectivity index (χ2n) is 6.11. The lowest BCUT2D eigenvalue weighted by Crippen LogP contribution is -2.48. The fraction of sp³-hybridized carbons (Fsp3) is 0.500. The van der Waals surface area contributed by atoms with E-state index in [1.807, 2.05) is 23.1 Å². The molecular weight excluding hydrogens is 316 g/mol. The lowest BCUT2D eigenvalue weighted by atomic mass is 10.0. The number of nitrogens with zero attached hydrogens (tertiary/aromatic N) is 1. The highest BCUT2D eigenvalue weighted by Crippen LogP contribution is 2.26. The first-order valence-corrected chi connectivity index (χ1v) is 7.75. The molecule has 2 heterocycles. The van der Waals surface area contributed by atoms with Crippen molar-refractivity contribution in [1.82, 2.24) is 15.5 Å². The number of benzene rings is 1. The topological polar surface area (TPSA) is 73.5 Å². The van der Waals surface area contributed by atoms with Gasteiger partial charge in [-0.2, -0.15) is 0 Å². The van der Waals surface area contributed by atoms with Crippen molar-refractivity contribution in [3.8, 4) is 0 Å². The van der Waals surface area contributed by atoms with E-state index in [4.69, 9.17) is 0 Å². The van der Waals surface area contributed by atoms with Gasteiger partial charge in [-0.15, -0.1) is 12.4 Å². The van der Waals surface area contributed by atoms with Crippen molar-refractivity contribution >= 4 is 30.0 Å². The molecule has 2 fully saturated rings. The van der Waals surface area contributed by atoms with Crippen LogP contribution in [0.5, 0.6) is 0 Å². The third-order valence-corrected chi connectivity index (χ3v) is 4.45. The number of hydrogen-bond acceptors (Lipinski definition) is 3. The molecule has 2 aliphatic heterocycles. The molecule has 0 saturated carbocycles. The zero-order chi connectivity index (χ0) is 15.5. The van der Waals surface area contributed by atoms with Crippen LogP contribution < -0.4 is 16.0 Å². The van der Waals surface area contributed by atoms with Crippen LogP contribution in [0.25, 0.3) is 0 Å². The third-order valence-electron chi connectivity index (χ3n) is 4.45. The molecule has 7 heteroatoms. The van der Waals surface area contributed by atoms with E-state index in [1.54, 1.807) is 19.1 Å². The van der Waals surface area contributed by atoms with Crippen molar-refractivity contribution in [2.45, 2.75) is 13.0 Å². The number of rotatable bonds is 3. The maximum absolute atomic E-state index is 12.4. The van der Waals surface area contributed by atoms with E-state index in [9.17, 15) is 9.59 Å². The van der Waals surface area contributed by atoms with Gasteiger partial charge in [0.1, 0.15) is 6.04 Å². The van der Waals surface area contributed by atoms with Crippen LogP contribution >= 0.6 is 12.4 Å². The predicted molar refractivity (Wildman–Crippen MR) is 91.7 cm³/mol. The average molecular weight is 339 g/mol. The molecule has 0 aliphatic carbocycles. The SMILES string of the molecule is CC(NC(=O)Nc1ccccc1)C(=O)N1C[C@H]2CNC[C@H]2C1.Cl. The summed E-state index contributed by atoms with van der Waals surface area (Å²) in [4.78, 5) is 26.2. The van der Waals surface area contributed by atoms with Gasteiger partial charge >= 0.3 is 6.03 Å².